The number of hydrazone groups is 1. The molecule has 2 rings (SSSR count). The summed E-state index contributed by atoms with van der Waals surface area (Å²) >= 11 is 5.76. The summed E-state index contributed by atoms with van der Waals surface area (Å²) in [6.45, 7) is 0. The van der Waals surface area contributed by atoms with E-state index in [4.69, 9.17) is 21.1 Å². The third kappa shape index (κ3) is 4.09. The Kier molecular flexibility index (Phi) is 5.53. The highest BCUT2D eigenvalue weighted by atomic mass is 35.5. The van der Waals surface area contributed by atoms with Crippen LogP contribution in [0, 0.1) is 0 Å². The van der Waals surface area contributed by atoms with Crippen LogP contribution in [0.1, 0.15) is 5.56 Å². The van der Waals surface area contributed by atoms with Gasteiger partial charge in [0.2, 0.25) is 0 Å². The molecule has 128 valence electrons. The van der Waals surface area contributed by atoms with Crippen molar-refractivity contribution in [3.63, 3.8) is 0 Å². The maximum Gasteiger partial charge on any atom is 0.276 e. The lowest BCUT2D eigenvalue weighted by Crippen LogP contribution is -2.18. The number of nitrogens with one attached hydrogen (secondary N) is 1. The molecule has 7 nitrogen and oxygen atoms in total. The van der Waals surface area contributed by atoms with Crippen molar-refractivity contribution in [3.05, 3.63) is 47.0 Å². The molecule has 0 amide bonds. The van der Waals surface area contributed by atoms with Crippen LogP contribution in [-0.4, -0.2) is 34.0 Å². The van der Waals surface area contributed by atoms with Crippen LogP contribution in [0.5, 0.6) is 17.2 Å². The van der Waals surface area contributed by atoms with Gasteiger partial charge in [-0.15, -0.1) is 0 Å². The van der Waals surface area contributed by atoms with Crippen LogP contribution < -0.4 is 14.3 Å². The number of phenolic OH excluding ortho intramolecular Hbond substituents is 1. The third-order valence-corrected chi connectivity index (χ3v) is 4.55. The Morgan fingerprint density at radius 1 is 1.12 bits per heavy atom. The van der Waals surface area contributed by atoms with E-state index in [-0.39, 0.29) is 21.4 Å². The van der Waals surface area contributed by atoms with Gasteiger partial charge in [-0.25, -0.2) is 4.83 Å². The highest BCUT2D eigenvalue weighted by Crippen LogP contribution is 2.29. The van der Waals surface area contributed by atoms with Gasteiger partial charge >= 0.3 is 0 Å². The van der Waals surface area contributed by atoms with Gasteiger partial charge in [0.25, 0.3) is 10.0 Å². The predicted octanol–water partition coefficient (Wildman–Crippen LogP) is 2.38. The molecule has 24 heavy (non-hydrogen) atoms. The average Bonchev–Trinajstić information content (AvgIpc) is 2.57. The van der Waals surface area contributed by atoms with E-state index in [2.05, 4.69) is 9.93 Å². The summed E-state index contributed by atoms with van der Waals surface area (Å²) in [5.41, 5.74) is 0.521. The minimum Gasteiger partial charge on any atom is -0.506 e. The van der Waals surface area contributed by atoms with E-state index >= 15 is 0 Å². The van der Waals surface area contributed by atoms with Crippen LogP contribution in [0.4, 0.5) is 0 Å². The topological polar surface area (TPSA) is 97.2 Å². The highest BCUT2D eigenvalue weighted by molar-refractivity contribution is 7.89. The first kappa shape index (κ1) is 17.9. The van der Waals surface area contributed by atoms with Crippen molar-refractivity contribution < 1.29 is 23.0 Å². The Labute approximate surface area is 144 Å². The van der Waals surface area contributed by atoms with E-state index in [0.29, 0.717) is 11.3 Å². The molecule has 0 radical (unpaired) electrons. The predicted molar refractivity (Wildman–Crippen MR) is 90.6 cm³/mol. The quantitative estimate of drug-likeness (QED) is 0.601. The summed E-state index contributed by atoms with van der Waals surface area (Å²) in [4.78, 5) is 2.06. The lowest BCUT2D eigenvalue weighted by atomic mass is 10.2. The van der Waals surface area contributed by atoms with Crippen molar-refractivity contribution in [2.45, 2.75) is 4.90 Å². The molecule has 0 unspecified atom stereocenters. The molecule has 2 aromatic carbocycles. The highest BCUT2D eigenvalue weighted by Gasteiger charge is 2.16. The number of sulfonamides is 1. The van der Waals surface area contributed by atoms with E-state index < -0.39 is 10.0 Å². The zero-order chi connectivity index (χ0) is 17.7. The fraction of sp³-hybridized carbons (Fsp3) is 0.133. The first-order valence-corrected chi connectivity index (χ1v) is 8.49. The minimum atomic E-state index is -3.87. The number of hydrogen-bond acceptors (Lipinski definition) is 6. The third-order valence-electron chi connectivity index (χ3n) is 3.02. The second-order valence-corrected chi connectivity index (χ2v) is 6.65. The van der Waals surface area contributed by atoms with E-state index in [1.165, 1.54) is 56.8 Å². The number of hydrogen-bond donors (Lipinski definition) is 2. The van der Waals surface area contributed by atoms with Crippen molar-refractivity contribution in [2.75, 3.05) is 14.2 Å². The molecule has 2 N–H and O–H groups in total. The standard InChI is InChI=1S/C15H15ClN2O5S/c1-22-14-6-4-11(8-15(14)23-2)24(20,21)18-17-9-10-3-5-13(19)12(16)7-10/h3-9,18-19H,1-2H3/b17-9+. The van der Waals surface area contributed by atoms with Crippen LogP contribution >= 0.6 is 11.6 Å². The largest absolute Gasteiger partial charge is 0.506 e. The molecule has 2 aromatic rings. The molecule has 9 heteroatoms. The number of phenols is 1. The van der Waals surface area contributed by atoms with Crippen LogP contribution in [0.25, 0.3) is 0 Å². The monoisotopic (exact) mass is 370 g/mol. The molecule has 0 heterocycles. The zero-order valence-corrected chi connectivity index (χ0v) is 14.4. The molecule has 0 aliphatic rings. The Hall–Kier alpha value is -2.45. The SMILES string of the molecule is COc1ccc(S(=O)(=O)N/N=C/c2ccc(O)c(Cl)c2)cc1OC. The summed E-state index contributed by atoms with van der Waals surface area (Å²) in [5.74, 6) is 0.632. The van der Waals surface area contributed by atoms with Gasteiger partial charge in [-0.1, -0.05) is 11.6 Å². The average molecular weight is 371 g/mol. The summed E-state index contributed by atoms with van der Waals surface area (Å²) in [5, 5.41) is 13.2. The van der Waals surface area contributed by atoms with Gasteiger partial charge in [0.15, 0.2) is 11.5 Å². The van der Waals surface area contributed by atoms with Gasteiger partial charge in [-0.05, 0) is 35.9 Å². The Bertz CT molecular complexity index is 868. The molecule has 0 atom stereocenters. The molecule has 0 aromatic heterocycles. The van der Waals surface area contributed by atoms with Crippen LogP contribution in [0.3, 0.4) is 0 Å². The summed E-state index contributed by atoms with van der Waals surface area (Å²) in [7, 11) is -1.01. The lowest BCUT2D eigenvalue weighted by molar-refractivity contribution is 0.354. The molecular formula is C15H15ClN2O5S. The molecular weight excluding hydrogens is 356 g/mol. The van der Waals surface area contributed by atoms with Crippen molar-refractivity contribution >= 4 is 27.8 Å². The Balaban J connectivity index is 2.19. The van der Waals surface area contributed by atoms with Crippen LogP contribution in [0.15, 0.2) is 46.4 Å². The van der Waals surface area contributed by atoms with Crippen LogP contribution in [-0.2, 0) is 10.0 Å². The number of aromatic hydroxyl groups is 1. The summed E-state index contributed by atoms with van der Waals surface area (Å²) in [6.07, 6.45) is 1.27. The number of rotatable bonds is 6. The molecule has 0 saturated carbocycles. The van der Waals surface area contributed by atoms with Crippen molar-refractivity contribution in [1.82, 2.24) is 4.83 Å². The van der Waals surface area contributed by atoms with Gasteiger partial charge in [0, 0.05) is 6.07 Å². The molecule has 0 aliphatic heterocycles. The van der Waals surface area contributed by atoms with E-state index in [0.717, 1.165) is 0 Å². The van der Waals surface area contributed by atoms with Gasteiger partial charge in [-0.3, -0.25) is 0 Å². The first-order chi connectivity index (χ1) is 11.4. The fourth-order valence-electron chi connectivity index (χ4n) is 1.81. The fourth-order valence-corrected chi connectivity index (χ4v) is 2.81. The normalized spacial score (nSPS) is 11.5. The Morgan fingerprint density at radius 3 is 2.46 bits per heavy atom. The van der Waals surface area contributed by atoms with E-state index in [1.54, 1.807) is 0 Å². The second-order valence-electron chi connectivity index (χ2n) is 4.58. The second kappa shape index (κ2) is 7.41. The summed E-state index contributed by atoms with van der Waals surface area (Å²) in [6, 6.07) is 8.55. The maximum atomic E-state index is 12.2. The van der Waals surface area contributed by atoms with Crippen LogP contribution in [0.2, 0.25) is 5.02 Å². The van der Waals surface area contributed by atoms with Gasteiger partial charge in [0.05, 0.1) is 30.4 Å². The minimum absolute atomic E-state index is 0.0268. The van der Waals surface area contributed by atoms with Crippen molar-refractivity contribution in [1.29, 1.82) is 0 Å². The number of halogens is 1. The van der Waals surface area contributed by atoms with Gasteiger partial charge in [-0.2, -0.15) is 13.5 Å². The smallest absolute Gasteiger partial charge is 0.276 e. The summed E-state index contributed by atoms with van der Waals surface area (Å²) < 4.78 is 34.6. The molecule has 0 fully saturated rings. The van der Waals surface area contributed by atoms with Gasteiger partial charge < -0.3 is 14.6 Å². The lowest BCUT2D eigenvalue weighted by Gasteiger charge is -2.09. The Morgan fingerprint density at radius 2 is 1.83 bits per heavy atom. The van der Waals surface area contributed by atoms with Crippen molar-refractivity contribution in [2.24, 2.45) is 5.10 Å². The van der Waals surface area contributed by atoms with E-state index in [9.17, 15) is 13.5 Å². The van der Waals surface area contributed by atoms with Gasteiger partial charge in [0.1, 0.15) is 5.75 Å². The maximum absolute atomic E-state index is 12.2. The first-order valence-electron chi connectivity index (χ1n) is 6.63. The molecule has 0 spiro atoms. The number of methoxy groups -OCH3 is 2. The van der Waals surface area contributed by atoms with Crippen molar-refractivity contribution in [3.8, 4) is 17.2 Å². The number of benzene rings is 2. The number of nitrogens with zero attached hydrogens (tertiary/aromatic N) is 1. The number of ether oxygens (including phenoxy) is 2. The molecule has 0 aliphatic carbocycles. The van der Waals surface area contributed by atoms with E-state index in [1.807, 2.05) is 0 Å². The molecule has 0 saturated heterocycles. The zero-order valence-electron chi connectivity index (χ0n) is 12.9. The molecule has 0 bridgehead atoms.